The molecule has 8 heteroatoms. The summed E-state index contributed by atoms with van der Waals surface area (Å²) in [6, 6.07) is 18.7. The average Bonchev–Trinajstić information content (AvgIpc) is 3.33. The Labute approximate surface area is 214 Å². The highest BCUT2D eigenvalue weighted by molar-refractivity contribution is 6.10. The minimum Gasteiger partial charge on any atom is -0.493 e. The molecule has 0 saturated heterocycles. The van der Waals surface area contributed by atoms with Crippen molar-refractivity contribution in [2.24, 2.45) is 0 Å². The van der Waals surface area contributed by atoms with Crippen molar-refractivity contribution in [3.63, 3.8) is 0 Å². The predicted octanol–water partition coefficient (Wildman–Crippen LogP) is 5.59. The summed E-state index contributed by atoms with van der Waals surface area (Å²) in [5.74, 6) is 0.872. The number of furan rings is 1. The van der Waals surface area contributed by atoms with Gasteiger partial charge in [0.2, 0.25) is 0 Å². The molecule has 192 valence electrons. The van der Waals surface area contributed by atoms with Gasteiger partial charge in [0.1, 0.15) is 17.9 Å². The second-order valence-electron chi connectivity index (χ2n) is 8.19. The van der Waals surface area contributed by atoms with Gasteiger partial charge in [0, 0.05) is 17.4 Å². The standard InChI is InChI=1S/C29H28O8/c1-32-23-16-20(11-12-22(23)36-17-18-8-6-5-7-9-18)27-26(29(31)35-4)21-14-19(10-13-25(30)34-3)15-24(33-2)28(21)37-27/h5-9,11-12,14-16H,10,13,17H2,1-4H3. The smallest absolute Gasteiger partial charge is 0.342 e. The van der Waals surface area contributed by atoms with Crippen LogP contribution >= 0.6 is 0 Å². The summed E-state index contributed by atoms with van der Waals surface area (Å²) in [5.41, 5.74) is 3.04. The summed E-state index contributed by atoms with van der Waals surface area (Å²) in [6.07, 6.45) is 0.590. The van der Waals surface area contributed by atoms with Crippen molar-refractivity contribution in [1.82, 2.24) is 0 Å². The zero-order chi connectivity index (χ0) is 26.4. The molecule has 0 N–H and O–H groups in total. The van der Waals surface area contributed by atoms with Crippen LogP contribution in [0.15, 0.2) is 65.1 Å². The molecule has 4 aromatic rings. The van der Waals surface area contributed by atoms with Crippen molar-refractivity contribution in [2.75, 3.05) is 28.4 Å². The maximum Gasteiger partial charge on any atom is 0.342 e. The van der Waals surface area contributed by atoms with Gasteiger partial charge in [0.15, 0.2) is 22.8 Å². The zero-order valence-corrected chi connectivity index (χ0v) is 21.2. The summed E-state index contributed by atoms with van der Waals surface area (Å²) in [4.78, 5) is 24.6. The van der Waals surface area contributed by atoms with Crippen molar-refractivity contribution in [2.45, 2.75) is 19.4 Å². The van der Waals surface area contributed by atoms with Crippen molar-refractivity contribution >= 4 is 22.9 Å². The molecule has 0 aliphatic heterocycles. The summed E-state index contributed by atoms with van der Waals surface area (Å²) < 4.78 is 33.1. The lowest BCUT2D eigenvalue weighted by Crippen LogP contribution is -2.04. The number of hydrogen-bond acceptors (Lipinski definition) is 8. The first-order chi connectivity index (χ1) is 18.0. The van der Waals surface area contributed by atoms with Crippen LogP contribution in [-0.4, -0.2) is 40.4 Å². The van der Waals surface area contributed by atoms with E-state index in [-0.39, 0.29) is 18.0 Å². The molecule has 8 nitrogen and oxygen atoms in total. The van der Waals surface area contributed by atoms with Gasteiger partial charge in [-0.05, 0) is 47.9 Å². The molecule has 0 aliphatic rings. The van der Waals surface area contributed by atoms with Gasteiger partial charge in [0.25, 0.3) is 0 Å². The fourth-order valence-corrected chi connectivity index (χ4v) is 4.04. The van der Waals surface area contributed by atoms with Gasteiger partial charge in [0.05, 0.1) is 28.4 Å². The zero-order valence-electron chi connectivity index (χ0n) is 21.2. The lowest BCUT2D eigenvalue weighted by atomic mass is 10.0. The maximum atomic E-state index is 12.9. The molecule has 0 amide bonds. The SMILES string of the molecule is COC(=O)CCc1cc(OC)c2oc(-c3ccc(OCc4ccccc4)c(OC)c3)c(C(=O)OC)c2c1. The molecule has 4 rings (SSSR count). The first-order valence-corrected chi connectivity index (χ1v) is 11.6. The van der Waals surface area contributed by atoms with E-state index < -0.39 is 5.97 Å². The Morgan fingerprint density at radius 2 is 1.54 bits per heavy atom. The third kappa shape index (κ3) is 5.53. The third-order valence-corrected chi connectivity index (χ3v) is 5.93. The number of methoxy groups -OCH3 is 4. The van der Waals surface area contributed by atoms with Crippen molar-refractivity contribution in [3.8, 4) is 28.6 Å². The molecule has 0 radical (unpaired) electrons. The highest BCUT2D eigenvalue weighted by Gasteiger charge is 2.26. The summed E-state index contributed by atoms with van der Waals surface area (Å²) >= 11 is 0. The number of fused-ring (bicyclic) bond motifs is 1. The fourth-order valence-electron chi connectivity index (χ4n) is 4.04. The van der Waals surface area contributed by atoms with Crippen LogP contribution in [0.3, 0.4) is 0 Å². The lowest BCUT2D eigenvalue weighted by Gasteiger charge is -2.12. The minimum atomic E-state index is -0.565. The molecular formula is C29H28O8. The number of aryl methyl sites for hydroxylation is 1. The van der Waals surface area contributed by atoms with Gasteiger partial charge < -0.3 is 28.1 Å². The quantitative estimate of drug-likeness (QED) is 0.258. The number of rotatable bonds is 10. The van der Waals surface area contributed by atoms with Gasteiger partial charge in [-0.2, -0.15) is 0 Å². The van der Waals surface area contributed by atoms with Crippen LogP contribution < -0.4 is 14.2 Å². The van der Waals surface area contributed by atoms with E-state index in [4.69, 9.17) is 28.1 Å². The monoisotopic (exact) mass is 504 g/mol. The largest absolute Gasteiger partial charge is 0.493 e. The molecular weight excluding hydrogens is 476 g/mol. The Hall–Kier alpha value is -4.46. The first kappa shape index (κ1) is 25.6. The Balaban J connectivity index is 1.76. The number of ether oxygens (including phenoxy) is 5. The molecule has 0 fully saturated rings. The molecule has 0 atom stereocenters. The molecule has 0 unspecified atom stereocenters. The molecule has 1 heterocycles. The second-order valence-corrected chi connectivity index (χ2v) is 8.19. The van der Waals surface area contributed by atoms with Crippen LogP contribution in [-0.2, 0) is 27.3 Å². The van der Waals surface area contributed by atoms with E-state index in [2.05, 4.69) is 0 Å². The number of esters is 2. The summed E-state index contributed by atoms with van der Waals surface area (Å²) in [5, 5.41) is 0.518. The van der Waals surface area contributed by atoms with Crippen LogP contribution in [0.4, 0.5) is 0 Å². The molecule has 3 aromatic carbocycles. The van der Waals surface area contributed by atoms with E-state index >= 15 is 0 Å². The fraction of sp³-hybridized carbons (Fsp3) is 0.241. The highest BCUT2D eigenvalue weighted by Crippen LogP contribution is 2.42. The lowest BCUT2D eigenvalue weighted by molar-refractivity contribution is -0.140. The molecule has 37 heavy (non-hydrogen) atoms. The van der Waals surface area contributed by atoms with E-state index in [1.54, 1.807) is 37.4 Å². The average molecular weight is 505 g/mol. The van der Waals surface area contributed by atoms with Gasteiger partial charge in [-0.1, -0.05) is 30.3 Å². The van der Waals surface area contributed by atoms with Crippen molar-refractivity contribution in [3.05, 3.63) is 77.4 Å². The summed E-state index contributed by atoms with van der Waals surface area (Å²) in [7, 11) is 5.71. The summed E-state index contributed by atoms with van der Waals surface area (Å²) in [6.45, 7) is 0.375. The number of benzene rings is 3. The van der Waals surface area contributed by atoms with Gasteiger partial charge in [-0.15, -0.1) is 0 Å². The Morgan fingerprint density at radius 3 is 2.22 bits per heavy atom. The van der Waals surface area contributed by atoms with Crippen LogP contribution in [0.1, 0.15) is 27.9 Å². The van der Waals surface area contributed by atoms with Crippen LogP contribution in [0.5, 0.6) is 17.2 Å². The van der Waals surface area contributed by atoms with E-state index in [0.29, 0.717) is 52.6 Å². The predicted molar refractivity (Wildman–Crippen MR) is 137 cm³/mol. The number of carbonyl (C=O) groups is 2. The van der Waals surface area contributed by atoms with Crippen LogP contribution in [0.2, 0.25) is 0 Å². The van der Waals surface area contributed by atoms with Crippen LogP contribution in [0.25, 0.3) is 22.3 Å². The van der Waals surface area contributed by atoms with Crippen molar-refractivity contribution < 1.29 is 37.7 Å². The molecule has 0 bridgehead atoms. The van der Waals surface area contributed by atoms with E-state index in [1.165, 1.54) is 21.3 Å². The topological polar surface area (TPSA) is 93.4 Å². The Bertz CT molecular complexity index is 1400. The first-order valence-electron chi connectivity index (χ1n) is 11.6. The van der Waals surface area contributed by atoms with Gasteiger partial charge in [-0.3, -0.25) is 4.79 Å². The maximum absolute atomic E-state index is 12.9. The molecule has 0 spiro atoms. The molecule has 0 aliphatic carbocycles. The van der Waals surface area contributed by atoms with E-state index in [9.17, 15) is 9.59 Å². The Morgan fingerprint density at radius 1 is 0.784 bits per heavy atom. The van der Waals surface area contributed by atoms with Crippen molar-refractivity contribution in [1.29, 1.82) is 0 Å². The van der Waals surface area contributed by atoms with E-state index in [0.717, 1.165) is 11.1 Å². The van der Waals surface area contributed by atoms with Gasteiger partial charge in [-0.25, -0.2) is 4.79 Å². The molecule has 0 saturated carbocycles. The number of carbonyl (C=O) groups excluding carboxylic acids is 2. The Kier molecular flexibility index (Phi) is 7.98. The normalized spacial score (nSPS) is 10.7. The minimum absolute atomic E-state index is 0.186. The molecule has 1 aromatic heterocycles. The third-order valence-electron chi connectivity index (χ3n) is 5.93. The van der Waals surface area contributed by atoms with Crippen LogP contribution in [0, 0.1) is 0 Å². The van der Waals surface area contributed by atoms with E-state index in [1.807, 2.05) is 30.3 Å². The second kappa shape index (κ2) is 11.5. The van der Waals surface area contributed by atoms with Gasteiger partial charge >= 0.3 is 11.9 Å². The highest BCUT2D eigenvalue weighted by atomic mass is 16.5. The number of hydrogen-bond donors (Lipinski definition) is 0.